The minimum absolute atomic E-state index is 0.0677. The third-order valence-electron chi connectivity index (χ3n) is 5.67. The third kappa shape index (κ3) is 1.46. The fraction of sp³-hybridized carbons (Fsp3) is 0.933. The van der Waals surface area contributed by atoms with Gasteiger partial charge in [-0.1, -0.05) is 6.92 Å². The quantitative estimate of drug-likeness (QED) is 0.711. The molecule has 0 radical (unpaired) electrons. The average molecular weight is 266 g/mol. The van der Waals surface area contributed by atoms with Crippen LogP contribution in [-0.2, 0) is 9.22 Å². The van der Waals surface area contributed by atoms with Gasteiger partial charge in [-0.3, -0.25) is 4.79 Å². The Morgan fingerprint density at radius 2 is 1.94 bits per heavy atom. The van der Waals surface area contributed by atoms with Crippen molar-refractivity contribution < 1.29 is 9.22 Å². The molecule has 0 aliphatic heterocycles. The molecule has 0 bridgehead atoms. The molecule has 0 aromatic heterocycles. The largest absolute Gasteiger partial charge is 0.411 e. The molecule has 3 saturated carbocycles. The van der Waals surface area contributed by atoms with Crippen molar-refractivity contribution in [3.63, 3.8) is 0 Å². The van der Waals surface area contributed by atoms with Gasteiger partial charge in [-0.05, 0) is 57.7 Å². The van der Waals surface area contributed by atoms with Gasteiger partial charge in [-0.15, -0.1) is 0 Å². The van der Waals surface area contributed by atoms with E-state index in [2.05, 4.69) is 26.6 Å². The molecule has 0 spiro atoms. The molecular formula is C15H26O2Si. The van der Waals surface area contributed by atoms with Gasteiger partial charge in [0, 0.05) is 17.8 Å². The van der Waals surface area contributed by atoms with E-state index in [1.165, 1.54) is 25.7 Å². The molecule has 0 amide bonds. The van der Waals surface area contributed by atoms with Gasteiger partial charge >= 0.3 is 0 Å². The number of ketones is 1. The molecule has 3 heteroatoms. The number of carbonyl (C=O) groups is 1. The monoisotopic (exact) mass is 266 g/mol. The van der Waals surface area contributed by atoms with Gasteiger partial charge in [0.15, 0.2) is 8.32 Å². The van der Waals surface area contributed by atoms with Crippen molar-refractivity contribution >= 4 is 14.1 Å². The van der Waals surface area contributed by atoms with Crippen LogP contribution >= 0.6 is 0 Å². The van der Waals surface area contributed by atoms with Crippen LogP contribution in [0.4, 0.5) is 0 Å². The molecule has 0 aromatic rings. The summed E-state index contributed by atoms with van der Waals surface area (Å²) in [5.74, 6) is 1.40. The smallest absolute Gasteiger partial charge is 0.184 e. The van der Waals surface area contributed by atoms with Gasteiger partial charge in [-0.2, -0.15) is 0 Å². The summed E-state index contributed by atoms with van der Waals surface area (Å²) in [6, 6.07) is 0. The first kappa shape index (κ1) is 12.9. The van der Waals surface area contributed by atoms with E-state index in [0.29, 0.717) is 17.6 Å². The molecule has 3 aliphatic rings. The van der Waals surface area contributed by atoms with Gasteiger partial charge in [-0.25, -0.2) is 0 Å². The van der Waals surface area contributed by atoms with Crippen molar-refractivity contribution in [3.8, 4) is 0 Å². The van der Waals surface area contributed by atoms with Crippen molar-refractivity contribution in [2.24, 2.45) is 17.3 Å². The lowest BCUT2D eigenvalue weighted by Crippen LogP contribution is -2.72. The summed E-state index contributed by atoms with van der Waals surface area (Å²) in [6.07, 6.45) is 6.77. The highest BCUT2D eigenvalue weighted by Crippen LogP contribution is 2.71. The maximum Gasteiger partial charge on any atom is 0.184 e. The zero-order chi connectivity index (χ0) is 13.2. The van der Waals surface area contributed by atoms with Crippen LogP contribution in [-0.4, -0.2) is 19.7 Å². The maximum absolute atomic E-state index is 12.3. The van der Waals surface area contributed by atoms with E-state index >= 15 is 0 Å². The molecule has 0 unspecified atom stereocenters. The van der Waals surface area contributed by atoms with E-state index in [4.69, 9.17) is 4.43 Å². The zero-order valence-electron chi connectivity index (χ0n) is 12.2. The number of hydrogen-bond donors (Lipinski definition) is 0. The number of Topliss-reactive ketones (excluding diaryl/α,β-unsaturated/α-hetero) is 1. The van der Waals surface area contributed by atoms with Crippen LogP contribution in [0.1, 0.15) is 45.4 Å². The lowest BCUT2D eigenvalue weighted by atomic mass is 9.42. The van der Waals surface area contributed by atoms with Crippen LogP contribution in [0.2, 0.25) is 19.6 Å². The van der Waals surface area contributed by atoms with Crippen LogP contribution in [0.15, 0.2) is 0 Å². The number of hydrogen-bond acceptors (Lipinski definition) is 2. The molecule has 102 valence electrons. The molecule has 3 aliphatic carbocycles. The highest BCUT2D eigenvalue weighted by molar-refractivity contribution is 6.69. The van der Waals surface area contributed by atoms with Crippen LogP contribution in [0, 0.1) is 17.3 Å². The minimum atomic E-state index is -1.54. The summed E-state index contributed by atoms with van der Waals surface area (Å²) in [5, 5.41) is 0. The Morgan fingerprint density at radius 1 is 1.22 bits per heavy atom. The minimum Gasteiger partial charge on any atom is -0.411 e. The highest BCUT2D eigenvalue weighted by atomic mass is 28.4. The number of fused-ring (bicyclic) bond motifs is 4. The van der Waals surface area contributed by atoms with Gasteiger partial charge in [0.1, 0.15) is 5.78 Å². The second-order valence-electron chi connectivity index (χ2n) is 7.82. The Labute approximate surface area is 112 Å². The Hall–Kier alpha value is -0.153. The summed E-state index contributed by atoms with van der Waals surface area (Å²) < 4.78 is 6.69. The summed E-state index contributed by atoms with van der Waals surface area (Å²) in [7, 11) is -1.54. The molecule has 0 saturated heterocycles. The van der Waals surface area contributed by atoms with Crippen LogP contribution in [0.3, 0.4) is 0 Å². The summed E-state index contributed by atoms with van der Waals surface area (Å²) in [4.78, 5) is 12.3. The molecule has 0 N–H and O–H groups in total. The lowest BCUT2D eigenvalue weighted by Gasteiger charge is -2.67. The first-order valence-electron chi connectivity index (χ1n) is 7.53. The Balaban J connectivity index is 1.95. The first-order valence-corrected chi connectivity index (χ1v) is 10.9. The molecular weight excluding hydrogens is 240 g/mol. The third-order valence-corrected chi connectivity index (χ3v) is 6.65. The van der Waals surface area contributed by atoms with Crippen molar-refractivity contribution in [3.05, 3.63) is 0 Å². The predicted molar refractivity (Wildman–Crippen MR) is 75.0 cm³/mol. The zero-order valence-corrected chi connectivity index (χ0v) is 13.2. The van der Waals surface area contributed by atoms with E-state index in [9.17, 15) is 4.79 Å². The second kappa shape index (κ2) is 3.69. The molecule has 2 nitrogen and oxygen atoms in total. The maximum atomic E-state index is 12.3. The fourth-order valence-corrected chi connectivity index (χ4v) is 6.86. The first-order chi connectivity index (χ1) is 8.30. The van der Waals surface area contributed by atoms with E-state index in [0.717, 1.165) is 12.8 Å². The predicted octanol–water partition coefficient (Wildman–Crippen LogP) is 3.77. The van der Waals surface area contributed by atoms with Gasteiger partial charge in [0.2, 0.25) is 0 Å². The number of rotatable bonds is 2. The van der Waals surface area contributed by atoms with Crippen LogP contribution in [0.5, 0.6) is 0 Å². The molecule has 0 aromatic carbocycles. The Kier molecular flexibility index (Phi) is 2.64. The normalized spacial score (nSPS) is 47.4. The van der Waals surface area contributed by atoms with Gasteiger partial charge < -0.3 is 4.43 Å². The Bertz CT molecular complexity index is 386. The molecule has 3 rings (SSSR count). The van der Waals surface area contributed by atoms with E-state index in [1.54, 1.807) is 0 Å². The van der Waals surface area contributed by atoms with Crippen molar-refractivity contribution in [1.29, 1.82) is 0 Å². The summed E-state index contributed by atoms with van der Waals surface area (Å²) in [5.41, 5.74) is 0.230. The van der Waals surface area contributed by atoms with Crippen molar-refractivity contribution in [2.75, 3.05) is 0 Å². The van der Waals surface area contributed by atoms with E-state index in [-0.39, 0.29) is 11.0 Å². The molecule has 4 atom stereocenters. The highest BCUT2D eigenvalue weighted by Gasteiger charge is 2.74. The van der Waals surface area contributed by atoms with Crippen LogP contribution < -0.4 is 0 Å². The number of carbonyl (C=O) groups excluding carboxylic acids is 1. The SMILES string of the molecule is C[C@@]12CCC[C@]1(O[Si](C)(C)C)[C@H]1CCCC(=O)[C@@H]12. The van der Waals surface area contributed by atoms with Gasteiger partial charge in [0.25, 0.3) is 0 Å². The molecule has 0 heterocycles. The summed E-state index contributed by atoms with van der Waals surface area (Å²) >= 11 is 0. The van der Waals surface area contributed by atoms with Gasteiger partial charge in [0.05, 0.1) is 5.60 Å². The molecule has 3 fully saturated rings. The second-order valence-corrected chi connectivity index (χ2v) is 12.2. The fourth-order valence-electron chi connectivity index (χ4n) is 5.28. The lowest BCUT2D eigenvalue weighted by molar-refractivity contribution is -0.231. The van der Waals surface area contributed by atoms with Crippen LogP contribution in [0.25, 0.3) is 0 Å². The standard InChI is InChI=1S/C15H26O2Si/c1-14-9-6-10-15(14,17-18(2,3)4)11-7-5-8-12(16)13(11)14/h11,13H,5-10H2,1-4H3/t11-,13+,14-,15-/m0/s1. The van der Waals surface area contributed by atoms with E-state index < -0.39 is 8.32 Å². The average Bonchev–Trinajstić information content (AvgIpc) is 2.49. The van der Waals surface area contributed by atoms with E-state index in [1.807, 2.05) is 0 Å². The Morgan fingerprint density at radius 3 is 2.61 bits per heavy atom. The van der Waals surface area contributed by atoms with Crippen molar-refractivity contribution in [1.82, 2.24) is 0 Å². The molecule has 18 heavy (non-hydrogen) atoms. The topological polar surface area (TPSA) is 26.3 Å². The van der Waals surface area contributed by atoms with Crippen molar-refractivity contribution in [2.45, 2.75) is 70.7 Å². The summed E-state index contributed by atoms with van der Waals surface area (Å²) in [6.45, 7) is 9.21.